The minimum Gasteiger partial charge on any atom is -0.0816 e. The van der Waals surface area contributed by atoms with Gasteiger partial charge >= 0.3 is 0 Å². The van der Waals surface area contributed by atoms with Crippen molar-refractivity contribution in [2.75, 3.05) is 0 Å². The first-order chi connectivity index (χ1) is 4.02. The Morgan fingerprint density at radius 1 is 1.67 bits per heavy atom. The van der Waals surface area contributed by atoms with Crippen LogP contribution in [0.15, 0.2) is 11.6 Å². The summed E-state index contributed by atoms with van der Waals surface area (Å²) in [4.78, 5) is 0. The lowest BCUT2D eigenvalue weighted by molar-refractivity contribution is 0.415. The molecule has 0 aromatic rings. The van der Waals surface area contributed by atoms with E-state index in [1.807, 2.05) is 0 Å². The first kappa shape index (κ1) is 6.85. The van der Waals surface area contributed by atoms with Crippen LogP contribution in [-0.2, 0) is 0 Å². The molecule has 0 aromatic carbocycles. The zero-order valence-electron chi connectivity index (χ0n) is 6.44. The topological polar surface area (TPSA) is 0 Å². The van der Waals surface area contributed by atoms with Gasteiger partial charge in [-0.2, -0.15) is 0 Å². The minimum absolute atomic E-state index is 0.306. The van der Waals surface area contributed by atoms with Gasteiger partial charge in [-0.25, -0.2) is 0 Å². The maximum atomic E-state index is 5.72. The van der Waals surface area contributed by atoms with Gasteiger partial charge in [-0.15, -0.1) is 0 Å². The summed E-state index contributed by atoms with van der Waals surface area (Å²) in [6, 6.07) is 0. The molecule has 0 fully saturated rings. The van der Waals surface area contributed by atoms with Crippen LogP contribution < -0.4 is 0 Å². The molecule has 1 aliphatic carbocycles. The lowest BCUT2D eigenvalue weighted by Crippen LogP contribution is -2.08. The number of allylic oxidation sites excluding steroid dienone is 2. The van der Waals surface area contributed by atoms with Gasteiger partial charge < -0.3 is 0 Å². The molecule has 0 aliphatic heterocycles. The van der Waals surface area contributed by atoms with E-state index in [1.165, 1.54) is 5.57 Å². The van der Waals surface area contributed by atoms with E-state index in [4.69, 9.17) is 6.92 Å². The third-order valence-electron chi connectivity index (χ3n) is 2.28. The molecule has 0 bridgehead atoms. The van der Waals surface area contributed by atoms with Gasteiger partial charge in [-0.3, -0.25) is 0 Å². The maximum absolute atomic E-state index is 5.72. The highest BCUT2D eigenvalue weighted by molar-refractivity contribution is 5.18. The molecule has 1 atom stereocenters. The van der Waals surface area contributed by atoms with E-state index >= 15 is 0 Å². The monoisotopic (exact) mass is 122 g/mol. The maximum Gasteiger partial charge on any atom is -0.0142 e. The van der Waals surface area contributed by atoms with E-state index < -0.39 is 0 Å². The van der Waals surface area contributed by atoms with Gasteiger partial charge in [0.05, 0.1) is 0 Å². The van der Waals surface area contributed by atoms with Gasteiger partial charge in [0.1, 0.15) is 0 Å². The third kappa shape index (κ3) is 1.17. The van der Waals surface area contributed by atoms with Crippen molar-refractivity contribution >= 4 is 0 Å². The Hall–Kier alpha value is -0.260. The highest BCUT2D eigenvalue weighted by Gasteiger charge is 2.27. The van der Waals surface area contributed by atoms with Crippen molar-refractivity contribution < 1.29 is 0 Å². The fraction of sp³-hybridized carbons (Fsp3) is 0.667. The summed E-state index contributed by atoms with van der Waals surface area (Å²) in [5.74, 6) is 0.306. The second kappa shape index (κ2) is 1.86. The Morgan fingerprint density at radius 2 is 2.22 bits per heavy atom. The van der Waals surface area contributed by atoms with Crippen molar-refractivity contribution in [3.63, 3.8) is 0 Å². The summed E-state index contributed by atoms with van der Waals surface area (Å²) in [5.41, 5.74) is 1.80. The van der Waals surface area contributed by atoms with Gasteiger partial charge in [0.25, 0.3) is 0 Å². The molecule has 1 unspecified atom stereocenters. The van der Waals surface area contributed by atoms with Crippen molar-refractivity contribution in [2.45, 2.75) is 27.2 Å². The number of rotatable bonds is 0. The summed E-state index contributed by atoms with van der Waals surface area (Å²) in [5, 5.41) is 0. The van der Waals surface area contributed by atoms with Crippen molar-refractivity contribution in [1.82, 2.24) is 0 Å². The van der Waals surface area contributed by atoms with Crippen molar-refractivity contribution in [1.29, 1.82) is 0 Å². The van der Waals surface area contributed by atoms with Crippen LogP contribution in [0.1, 0.15) is 27.2 Å². The molecule has 0 amide bonds. The standard InChI is InChI=1S/C9H14/c1-7-5-8(2)9(3,4)6-7/h1,5,7H,6H2,2-4H3. The van der Waals surface area contributed by atoms with Crippen LogP contribution in [0.3, 0.4) is 0 Å². The van der Waals surface area contributed by atoms with E-state index in [1.54, 1.807) is 0 Å². The van der Waals surface area contributed by atoms with Crippen LogP contribution >= 0.6 is 0 Å². The Bertz CT molecular complexity index is 140. The predicted molar refractivity (Wildman–Crippen MR) is 39.9 cm³/mol. The SMILES string of the molecule is [CH]C1C=C(C)C(C)(C)C1. The minimum atomic E-state index is 0.306. The summed E-state index contributed by atoms with van der Waals surface area (Å²) < 4.78 is 0. The van der Waals surface area contributed by atoms with Gasteiger partial charge in [-0.05, 0) is 31.6 Å². The highest BCUT2D eigenvalue weighted by atomic mass is 14.3. The summed E-state index contributed by atoms with van der Waals surface area (Å²) >= 11 is 0. The van der Waals surface area contributed by atoms with Crippen LogP contribution in [-0.4, -0.2) is 0 Å². The normalized spacial score (nSPS) is 32.4. The van der Waals surface area contributed by atoms with Gasteiger partial charge in [0.15, 0.2) is 0 Å². The van der Waals surface area contributed by atoms with Crippen molar-refractivity contribution in [3.8, 4) is 0 Å². The predicted octanol–water partition coefficient (Wildman–Crippen LogP) is 2.69. The van der Waals surface area contributed by atoms with Crippen LogP contribution in [0.4, 0.5) is 0 Å². The van der Waals surface area contributed by atoms with Gasteiger partial charge in [0.2, 0.25) is 0 Å². The van der Waals surface area contributed by atoms with E-state index in [9.17, 15) is 0 Å². The van der Waals surface area contributed by atoms with E-state index in [0.717, 1.165) is 6.42 Å². The Labute approximate surface area is 58.0 Å². The van der Waals surface area contributed by atoms with Crippen LogP contribution in [0.25, 0.3) is 0 Å². The second-order valence-corrected chi connectivity index (χ2v) is 3.60. The van der Waals surface area contributed by atoms with Gasteiger partial charge in [-0.1, -0.05) is 25.5 Å². The Kier molecular flexibility index (Phi) is 1.42. The number of hydrogen-bond donors (Lipinski definition) is 0. The molecule has 9 heavy (non-hydrogen) atoms. The smallest absolute Gasteiger partial charge is 0.0142 e. The summed E-state index contributed by atoms with van der Waals surface area (Å²) in [6.07, 6.45) is 3.28. The molecule has 0 heterocycles. The fourth-order valence-corrected chi connectivity index (χ4v) is 1.36. The lowest BCUT2D eigenvalue weighted by Gasteiger charge is -2.19. The second-order valence-electron chi connectivity index (χ2n) is 3.60. The molecule has 0 N–H and O–H groups in total. The molecule has 0 spiro atoms. The number of hydrogen-bond acceptors (Lipinski definition) is 0. The van der Waals surface area contributed by atoms with Crippen LogP contribution in [0.5, 0.6) is 0 Å². The molecule has 0 heteroatoms. The van der Waals surface area contributed by atoms with E-state index in [0.29, 0.717) is 11.3 Å². The molecule has 0 saturated heterocycles. The highest BCUT2D eigenvalue weighted by Crippen LogP contribution is 2.40. The molecule has 50 valence electrons. The molecule has 1 rings (SSSR count). The molecule has 0 nitrogen and oxygen atoms in total. The third-order valence-corrected chi connectivity index (χ3v) is 2.28. The van der Waals surface area contributed by atoms with Gasteiger partial charge in [0, 0.05) is 0 Å². The fourth-order valence-electron chi connectivity index (χ4n) is 1.36. The Morgan fingerprint density at radius 3 is 2.33 bits per heavy atom. The molecule has 0 saturated carbocycles. The molecular formula is C9H14. The van der Waals surface area contributed by atoms with E-state index in [-0.39, 0.29) is 0 Å². The zero-order chi connectivity index (χ0) is 7.07. The Balaban J connectivity index is 2.76. The first-order valence-electron chi connectivity index (χ1n) is 3.47. The first-order valence-corrected chi connectivity index (χ1v) is 3.47. The van der Waals surface area contributed by atoms with Crippen molar-refractivity contribution in [2.24, 2.45) is 11.3 Å². The quantitative estimate of drug-likeness (QED) is 0.433. The molecular weight excluding hydrogens is 108 g/mol. The van der Waals surface area contributed by atoms with Crippen LogP contribution in [0, 0.1) is 18.3 Å². The summed E-state index contributed by atoms with van der Waals surface area (Å²) in [7, 11) is 0. The average Bonchev–Trinajstić information content (AvgIpc) is 1.79. The molecule has 0 aromatic heterocycles. The average molecular weight is 122 g/mol. The molecule has 2 radical (unpaired) electrons. The summed E-state index contributed by atoms with van der Waals surface area (Å²) in [6.45, 7) is 12.4. The van der Waals surface area contributed by atoms with E-state index in [2.05, 4.69) is 26.8 Å². The van der Waals surface area contributed by atoms with Crippen LogP contribution in [0.2, 0.25) is 0 Å². The largest absolute Gasteiger partial charge is 0.0816 e. The zero-order valence-corrected chi connectivity index (χ0v) is 6.44. The van der Waals surface area contributed by atoms with Crippen molar-refractivity contribution in [3.05, 3.63) is 18.6 Å². The molecule has 1 aliphatic rings. The lowest BCUT2D eigenvalue weighted by atomic mass is 9.86.